The molecule has 2 aromatic rings. The maximum atomic E-state index is 10.3. The van der Waals surface area contributed by atoms with Crippen LogP contribution < -0.4 is 0 Å². The largest absolute Gasteiger partial charge is 0.278 e. The molecule has 0 saturated heterocycles. The number of rotatable bonds is 5. The molecule has 1 aromatic carbocycles. The van der Waals surface area contributed by atoms with Crippen molar-refractivity contribution in [3.63, 3.8) is 0 Å². The van der Waals surface area contributed by atoms with Crippen molar-refractivity contribution in [2.24, 2.45) is 0 Å². The van der Waals surface area contributed by atoms with Gasteiger partial charge in [0.1, 0.15) is 0 Å². The first-order valence-electron chi connectivity index (χ1n) is 6.46. The minimum atomic E-state index is -0.424. The van der Waals surface area contributed by atoms with E-state index in [1.165, 1.54) is 44.0 Å². The van der Waals surface area contributed by atoms with E-state index in [0.29, 0.717) is 0 Å². The summed E-state index contributed by atoms with van der Waals surface area (Å²) in [5, 5.41) is 17.6. The zero-order valence-electron chi connectivity index (χ0n) is 11.1. The Balaban J connectivity index is 0.000000224. The first-order valence-corrected chi connectivity index (χ1v) is 7.28. The second-order valence-electron chi connectivity index (χ2n) is 4.25. The molecule has 1 N–H and O–H groups in total. The number of aromatic nitrogens is 2. The average Bonchev–Trinajstić information content (AvgIpc) is 2.87. The summed E-state index contributed by atoms with van der Waals surface area (Å²) >= 11 is 0. The Bertz CT molecular complexity index is 509. The number of nitro groups is 1. The highest BCUT2D eigenvalue weighted by molar-refractivity contribution is 7.16. The summed E-state index contributed by atoms with van der Waals surface area (Å²) in [4.78, 5) is 9.92. The van der Waals surface area contributed by atoms with Crippen molar-refractivity contribution in [2.45, 2.75) is 32.6 Å². The Labute approximate surface area is 115 Å². The van der Waals surface area contributed by atoms with E-state index in [4.69, 9.17) is 0 Å². The topological polar surface area (TPSA) is 71.8 Å². The molecular formula is C13H20N3O2P. The second-order valence-corrected chi connectivity index (χ2v) is 4.83. The second kappa shape index (κ2) is 8.59. The predicted octanol–water partition coefficient (Wildman–Crippen LogP) is 3.91. The van der Waals surface area contributed by atoms with Crippen LogP contribution in [0.2, 0.25) is 0 Å². The van der Waals surface area contributed by atoms with Crippen LogP contribution in [-0.4, -0.2) is 21.3 Å². The molecule has 5 nitrogen and oxygen atoms in total. The van der Waals surface area contributed by atoms with E-state index in [2.05, 4.69) is 26.4 Å². The molecule has 19 heavy (non-hydrogen) atoms. The minimum absolute atomic E-state index is 0.0869. The van der Waals surface area contributed by atoms with Gasteiger partial charge in [0.2, 0.25) is 0 Å². The minimum Gasteiger partial charge on any atom is -0.278 e. The number of nitrogens with one attached hydrogen (secondary N) is 1. The van der Waals surface area contributed by atoms with E-state index >= 15 is 0 Å². The Morgan fingerprint density at radius 3 is 2.79 bits per heavy atom. The summed E-state index contributed by atoms with van der Waals surface area (Å²) < 4.78 is 0. The highest BCUT2D eigenvalue weighted by atomic mass is 31.0. The van der Waals surface area contributed by atoms with Gasteiger partial charge in [-0.15, -0.1) is 9.24 Å². The van der Waals surface area contributed by atoms with Crippen molar-refractivity contribution in [1.82, 2.24) is 10.2 Å². The van der Waals surface area contributed by atoms with Gasteiger partial charge in [-0.05, 0) is 18.6 Å². The fourth-order valence-electron chi connectivity index (χ4n) is 1.61. The molecule has 1 atom stereocenters. The van der Waals surface area contributed by atoms with E-state index in [1.54, 1.807) is 12.3 Å². The first-order chi connectivity index (χ1) is 9.19. The van der Waals surface area contributed by atoms with Gasteiger partial charge in [0.15, 0.2) is 0 Å². The van der Waals surface area contributed by atoms with Crippen LogP contribution in [0, 0.1) is 10.1 Å². The molecule has 0 aliphatic rings. The number of nitro benzene ring substituents is 1. The molecule has 104 valence electrons. The summed E-state index contributed by atoms with van der Waals surface area (Å²) in [6, 6.07) is 4.57. The first kappa shape index (κ1) is 15.6. The molecule has 0 aliphatic carbocycles. The van der Waals surface area contributed by atoms with Gasteiger partial charge in [0, 0.05) is 17.5 Å². The molecule has 0 fully saturated rings. The van der Waals surface area contributed by atoms with Crippen molar-refractivity contribution in [2.75, 3.05) is 6.16 Å². The third-order valence-corrected chi connectivity index (χ3v) is 3.10. The van der Waals surface area contributed by atoms with Crippen LogP contribution in [0.1, 0.15) is 32.6 Å². The van der Waals surface area contributed by atoms with E-state index in [1.807, 2.05) is 0 Å². The number of benzene rings is 1. The highest BCUT2D eigenvalue weighted by Crippen LogP contribution is 2.17. The molecule has 0 saturated carbocycles. The van der Waals surface area contributed by atoms with Gasteiger partial charge in [-0.1, -0.05) is 26.2 Å². The van der Waals surface area contributed by atoms with Crippen molar-refractivity contribution >= 4 is 25.8 Å². The number of hydrogen-bond donors (Lipinski definition) is 1. The van der Waals surface area contributed by atoms with E-state index in [9.17, 15) is 10.1 Å². The Kier molecular flexibility index (Phi) is 7.04. The van der Waals surface area contributed by atoms with Gasteiger partial charge in [0.05, 0.1) is 16.6 Å². The lowest BCUT2D eigenvalue weighted by molar-refractivity contribution is -0.384. The standard InChI is InChI=1S/C7H5N3O2.C6H15P/c11-10(12)6-1-2-7-5(3-6)4-8-9-7;1-2-3-4-5-6-7/h1-4H,(H,8,9);2-7H2,1H3. The smallest absolute Gasteiger partial charge is 0.270 e. The third kappa shape index (κ3) is 5.35. The van der Waals surface area contributed by atoms with E-state index in [0.717, 1.165) is 10.9 Å². The maximum Gasteiger partial charge on any atom is 0.270 e. The fraction of sp³-hybridized carbons (Fsp3) is 0.462. The lowest BCUT2D eigenvalue weighted by Gasteiger charge is -1.90. The summed E-state index contributed by atoms with van der Waals surface area (Å²) in [6.07, 6.45) is 8.40. The predicted molar refractivity (Wildman–Crippen MR) is 81.5 cm³/mol. The van der Waals surface area contributed by atoms with Crippen LogP contribution in [0.4, 0.5) is 5.69 Å². The van der Waals surface area contributed by atoms with Crippen molar-refractivity contribution in [1.29, 1.82) is 0 Å². The number of nitrogens with zero attached hydrogens (tertiary/aromatic N) is 2. The average molecular weight is 281 g/mol. The molecule has 0 amide bonds. The molecule has 1 aromatic heterocycles. The van der Waals surface area contributed by atoms with Crippen LogP contribution in [0.5, 0.6) is 0 Å². The van der Waals surface area contributed by atoms with Gasteiger partial charge < -0.3 is 0 Å². The zero-order chi connectivity index (χ0) is 14.1. The molecule has 0 spiro atoms. The number of non-ortho nitro benzene ring substituents is 1. The summed E-state index contributed by atoms with van der Waals surface area (Å²) in [5.41, 5.74) is 0.893. The lowest BCUT2D eigenvalue weighted by Crippen LogP contribution is -1.86. The van der Waals surface area contributed by atoms with Crippen LogP contribution in [0.25, 0.3) is 10.9 Å². The molecule has 1 unspecified atom stereocenters. The normalized spacial score (nSPS) is 10.0. The zero-order valence-corrected chi connectivity index (χ0v) is 12.3. The summed E-state index contributed by atoms with van der Waals surface area (Å²) in [6.45, 7) is 2.24. The Morgan fingerprint density at radius 2 is 2.16 bits per heavy atom. The molecule has 0 aliphatic heterocycles. The molecule has 6 heteroatoms. The number of fused-ring (bicyclic) bond motifs is 1. The summed E-state index contributed by atoms with van der Waals surface area (Å²) in [7, 11) is 2.75. The SMILES string of the molecule is CCCCCCP.O=[N+]([O-])c1ccc2[nH]ncc2c1. The van der Waals surface area contributed by atoms with Gasteiger partial charge in [-0.25, -0.2) is 0 Å². The summed E-state index contributed by atoms with van der Waals surface area (Å²) in [5.74, 6) is 0. The monoisotopic (exact) mass is 281 g/mol. The van der Waals surface area contributed by atoms with Crippen LogP contribution in [0.15, 0.2) is 24.4 Å². The van der Waals surface area contributed by atoms with Crippen molar-refractivity contribution in [3.05, 3.63) is 34.5 Å². The van der Waals surface area contributed by atoms with Crippen LogP contribution in [0.3, 0.4) is 0 Å². The van der Waals surface area contributed by atoms with Gasteiger partial charge in [-0.3, -0.25) is 15.2 Å². The molecule has 1 heterocycles. The number of H-pyrrole nitrogens is 1. The highest BCUT2D eigenvalue weighted by Gasteiger charge is 2.05. The fourth-order valence-corrected chi connectivity index (χ4v) is 1.90. The van der Waals surface area contributed by atoms with E-state index in [-0.39, 0.29) is 5.69 Å². The lowest BCUT2D eigenvalue weighted by atomic mass is 10.2. The van der Waals surface area contributed by atoms with Crippen LogP contribution >= 0.6 is 9.24 Å². The van der Waals surface area contributed by atoms with Crippen LogP contribution in [-0.2, 0) is 0 Å². The molecule has 2 rings (SSSR count). The maximum absolute atomic E-state index is 10.3. The molecule has 0 radical (unpaired) electrons. The number of unbranched alkanes of at least 4 members (excludes halogenated alkanes) is 3. The Hall–Kier alpha value is -1.48. The van der Waals surface area contributed by atoms with E-state index < -0.39 is 4.92 Å². The van der Waals surface area contributed by atoms with Gasteiger partial charge in [0.25, 0.3) is 5.69 Å². The van der Waals surface area contributed by atoms with Gasteiger partial charge in [-0.2, -0.15) is 5.10 Å². The molecule has 0 bridgehead atoms. The quantitative estimate of drug-likeness (QED) is 0.391. The van der Waals surface area contributed by atoms with Gasteiger partial charge >= 0.3 is 0 Å². The molecular weight excluding hydrogens is 261 g/mol. The van der Waals surface area contributed by atoms with Crippen molar-refractivity contribution < 1.29 is 4.92 Å². The number of hydrogen-bond acceptors (Lipinski definition) is 3. The number of aromatic amines is 1. The third-order valence-electron chi connectivity index (χ3n) is 2.69. The van der Waals surface area contributed by atoms with Crippen molar-refractivity contribution in [3.8, 4) is 0 Å². The Morgan fingerprint density at radius 1 is 1.37 bits per heavy atom.